The quantitative estimate of drug-likeness (QED) is 0.638. The van der Waals surface area contributed by atoms with Crippen LogP contribution in [0.1, 0.15) is 13.8 Å². The van der Waals surface area contributed by atoms with E-state index in [9.17, 15) is 13.2 Å². The molecule has 8 nitrogen and oxygen atoms in total. The maximum Gasteiger partial charge on any atom is 0.262 e. The van der Waals surface area contributed by atoms with E-state index in [-0.39, 0.29) is 17.2 Å². The first-order chi connectivity index (χ1) is 12.9. The van der Waals surface area contributed by atoms with Crippen LogP contribution in [0.15, 0.2) is 47.4 Å². The van der Waals surface area contributed by atoms with E-state index in [2.05, 4.69) is 4.72 Å². The molecule has 0 aliphatic rings. The van der Waals surface area contributed by atoms with Gasteiger partial charge in [-0.3, -0.25) is 9.52 Å². The zero-order valence-electron chi connectivity index (χ0n) is 15.1. The van der Waals surface area contributed by atoms with E-state index >= 15 is 0 Å². The molecule has 27 heavy (non-hydrogen) atoms. The Morgan fingerprint density at radius 3 is 2.37 bits per heavy atom. The van der Waals surface area contributed by atoms with Crippen molar-refractivity contribution in [3.8, 4) is 17.2 Å². The Hall–Kier alpha value is -2.94. The van der Waals surface area contributed by atoms with Crippen LogP contribution in [-0.2, 0) is 14.8 Å². The fourth-order valence-electron chi connectivity index (χ4n) is 2.22. The van der Waals surface area contributed by atoms with E-state index in [4.69, 9.17) is 19.9 Å². The maximum absolute atomic E-state index is 12.7. The van der Waals surface area contributed by atoms with Crippen molar-refractivity contribution < 1.29 is 27.4 Å². The van der Waals surface area contributed by atoms with Gasteiger partial charge in [-0.2, -0.15) is 0 Å². The number of hydrogen-bond donors (Lipinski definition) is 2. The van der Waals surface area contributed by atoms with Crippen molar-refractivity contribution in [3.63, 3.8) is 0 Å². The third-order valence-corrected chi connectivity index (χ3v) is 4.67. The standard InChI is InChI=1S/C18H22N2O6S/c1-3-24-16-9-8-15(11-17(16)25-4-2)27(22,23)20-13-6-5-7-14(10-13)26-12-18(19)21/h5-11,20H,3-4,12H2,1-2H3,(H2,19,21). The van der Waals surface area contributed by atoms with Crippen LogP contribution in [0.5, 0.6) is 17.2 Å². The van der Waals surface area contributed by atoms with Crippen molar-refractivity contribution in [1.29, 1.82) is 0 Å². The molecule has 146 valence electrons. The number of primary amides is 1. The molecule has 0 aliphatic carbocycles. The van der Waals surface area contributed by atoms with Crippen molar-refractivity contribution >= 4 is 21.6 Å². The fraction of sp³-hybridized carbons (Fsp3) is 0.278. The van der Waals surface area contributed by atoms with Gasteiger partial charge >= 0.3 is 0 Å². The maximum atomic E-state index is 12.7. The van der Waals surface area contributed by atoms with Gasteiger partial charge in [0.1, 0.15) is 5.75 Å². The largest absolute Gasteiger partial charge is 0.490 e. The third-order valence-electron chi connectivity index (χ3n) is 3.29. The third kappa shape index (κ3) is 5.78. The number of nitrogens with one attached hydrogen (secondary N) is 1. The Morgan fingerprint density at radius 1 is 1.00 bits per heavy atom. The van der Waals surface area contributed by atoms with Crippen molar-refractivity contribution in [2.75, 3.05) is 24.5 Å². The van der Waals surface area contributed by atoms with E-state index < -0.39 is 15.9 Å². The molecule has 2 rings (SSSR count). The fourth-order valence-corrected chi connectivity index (χ4v) is 3.28. The van der Waals surface area contributed by atoms with Crippen LogP contribution in [-0.4, -0.2) is 34.1 Å². The van der Waals surface area contributed by atoms with Gasteiger partial charge in [-0.1, -0.05) is 6.07 Å². The van der Waals surface area contributed by atoms with Crippen LogP contribution in [0.4, 0.5) is 5.69 Å². The van der Waals surface area contributed by atoms with E-state index in [1.54, 1.807) is 31.2 Å². The summed E-state index contributed by atoms with van der Waals surface area (Å²) in [6.07, 6.45) is 0. The summed E-state index contributed by atoms with van der Waals surface area (Å²) in [4.78, 5) is 10.8. The smallest absolute Gasteiger partial charge is 0.262 e. The van der Waals surface area contributed by atoms with Gasteiger partial charge in [0.2, 0.25) is 0 Å². The van der Waals surface area contributed by atoms with Crippen LogP contribution >= 0.6 is 0 Å². The molecule has 1 amide bonds. The monoisotopic (exact) mass is 394 g/mol. The van der Waals surface area contributed by atoms with Crippen LogP contribution in [0.2, 0.25) is 0 Å². The number of nitrogens with two attached hydrogens (primary N) is 1. The number of carbonyl (C=O) groups excluding carboxylic acids is 1. The lowest BCUT2D eigenvalue weighted by molar-refractivity contribution is -0.119. The molecule has 0 saturated carbocycles. The summed E-state index contributed by atoms with van der Waals surface area (Å²) in [6.45, 7) is 4.13. The topological polar surface area (TPSA) is 117 Å². The van der Waals surface area contributed by atoms with Gasteiger partial charge in [-0.15, -0.1) is 0 Å². The molecule has 0 aromatic heterocycles. The van der Waals surface area contributed by atoms with Crippen LogP contribution < -0.4 is 24.7 Å². The second-order valence-electron chi connectivity index (χ2n) is 5.36. The number of ether oxygens (including phenoxy) is 3. The Bertz CT molecular complexity index is 898. The van der Waals surface area contributed by atoms with Gasteiger partial charge in [-0.25, -0.2) is 8.42 Å². The van der Waals surface area contributed by atoms with Gasteiger partial charge in [-0.05, 0) is 38.1 Å². The molecule has 0 aliphatic heterocycles. The second kappa shape index (κ2) is 9.13. The molecule has 2 aromatic rings. The minimum Gasteiger partial charge on any atom is -0.490 e. The molecular formula is C18H22N2O6S. The van der Waals surface area contributed by atoms with Crippen molar-refractivity contribution in [2.45, 2.75) is 18.7 Å². The second-order valence-corrected chi connectivity index (χ2v) is 7.05. The molecule has 3 N–H and O–H groups in total. The molecule has 0 heterocycles. The van der Waals surface area contributed by atoms with Crippen molar-refractivity contribution in [3.05, 3.63) is 42.5 Å². The number of carbonyl (C=O) groups is 1. The zero-order valence-corrected chi connectivity index (χ0v) is 15.9. The van der Waals surface area contributed by atoms with Crippen LogP contribution in [0.25, 0.3) is 0 Å². The Kier molecular flexibility index (Phi) is 6.89. The highest BCUT2D eigenvalue weighted by atomic mass is 32.2. The SMILES string of the molecule is CCOc1ccc(S(=O)(=O)Nc2cccc(OCC(N)=O)c2)cc1OCC. The molecular weight excluding hydrogens is 372 g/mol. The van der Waals surface area contributed by atoms with Gasteiger partial charge in [0.05, 0.1) is 23.8 Å². The number of anilines is 1. The number of amides is 1. The number of rotatable bonds is 10. The lowest BCUT2D eigenvalue weighted by Crippen LogP contribution is -2.20. The molecule has 9 heteroatoms. The summed E-state index contributed by atoms with van der Waals surface area (Å²) in [6, 6.07) is 10.6. The molecule has 0 atom stereocenters. The normalized spacial score (nSPS) is 10.9. The van der Waals surface area contributed by atoms with E-state index in [0.717, 1.165) is 0 Å². The van der Waals surface area contributed by atoms with Gasteiger partial charge in [0.15, 0.2) is 18.1 Å². The molecule has 2 aromatic carbocycles. The molecule has 0 spiro atoms. The molecule has 0 fully saturated rings. The van der Waals surface area contributed by atoms with Crippen molar-refractivity contribution in [1.82, 2.24) is 0 Å². The molecule has 0 bridgehead atoms. The average molecular weight is 394 g/mol. The lowest BCUT2D eigenvalue weighted by Gasteiger charge is -2.14. The summed E-state index contributed by atoms with van der Waals surface area (Å²) < 4.78 is 43.9. The molecule has 0 saturated heterocycles. The zero-order chi connectivity index (χ0) is 19.9. The first-order valence-corrected chi connectivity index (χ1v) is 9.77. The average Bonchev–Trinajstić information content (AvgIpc) is 2.61. The predicted molar refractivity (Wildman–Crippen MR) is 101 cm³/mol. The first-order valence-electron chi connectivity index (χ1n) is 8.29. The van der Waals surface area contributed by atoms with E-state index in [0.29, 0.717) is 30.5 Å². The highest BCUT2D eigenvalue weighted by Gasteiger charge is 2.18. The van der Waals surface area contributed by atoms with E-state index in [1.165, 1.54) is 18.2 Å². The summed E-state index contributed by atoms with van der Waals surface area (Å²) in [5.74, 6) is 0.510. The Morgan fingerprint density at radius 2 is 1.70 bits per heavy atom. The minimum absolute atomic E-state index is 0.0258. The summed E-state index contributed by atoms with van der Waals surface area (Å²) >= 11 is 0. The van der Waals surface area contributed by atoms with Crippen LogP contribution in [0, 0.1) is 0 Å². The molecule has 0 radical (unpaired) electrons. The lowest BCUT2D eigenvalue weighted by atomic mass is 10.3. The number of hydrogen-bond acceptors (Lipinski definition) is 6. The van der Waals surface area contributed by atoms with Gasteiger partial charge in [0.25, 0.3) is 15.9 Å². The van der Waals surface area contributed by atoms with E-state index in [1.807, 2.05) is 6.92 Å². The minimum atomic E-state index is -3.87. The first kappa shape index (κ1) is 20.4. The number of benzene rings is 2. The highest BCUT2D eigenvalue weighted by Crippen LogP contribution is 2.31. The Labute approximate surface area is 158 Å². The summed E-state index contributed by atoms with van der Waals surface area (Å²) in [5, 5.41) is 0. The summed E-state index contributed by atoms with van der Waals surface area (Å²) in [5.41, 5.74) is 5.31. The van der Waals surface area contributed by atoms with Crippen LogP contribution in [0.3, 0.4) is 0 Å². The highest BCUT2D eigenvalue weighted by molar-refractivity contribution is 7.92. The number of sulfonamides is 1. The predicted octanol–water partition coefficient (Wildman–Crippen LogP) is 2.15. The van der Waals surface area contributed by atoms with Gasteiger partial charge in [0, 0.05) is 12.1 Å². The Balaban J connectivity index is 2.24. The van der Waals surface area contributed by atoms with Crippen molar-refractivity contribution in [2.24, 2.45) is 5.73 Å². The molecule has 0 unspecified atom stereocenters. The van der Waals surface area contributed by atoms with Gasteiger partial charge < -0.3 is 19.9 Å². The summed E-state index contributed by atoms with van der Waals surface area (Å²) in [7, 11) is -3.87.